The maximum absolute atomic E-state index is 12.1. The molecule has 5 nitrogen and oxygen atoms in total. The highest BCUT2D eigenvalue weighted by atomic mass is 79.9. The van der Waals surface area contributed by atoms with E-state index in [1.165, 1.54) is 0 Å². The molecule has 0 radical (unpaired) electrons. The number of benzene rings is 2. The number of sulfonamides is 1. The zero-order valence-electron chi connectivity index (χ0n) is 13.3. The van der Waals surface area contributed by atoms with Crippen molar-refractivity contribution in [2.24, 2.45) is 0 Å². The Kier molecular flexibility index (Phi) is 6.53. The zero-order valence-corrected chi connectivity index (χ0v) is 15.7. The average molecular weight is 411 g/mol. The summed E-state index contributed by atoms with van der Waals surface area (Å²) in [6.45, 7) is 2.27. The van der Waals surface area contributed by atoms with E-state index >= 15 is 0 Å². The van der Waals surface area contributed by atoms with Gasteiger partial charge in [-0.2, -0.15) is 0 Å². The highest BCUT2D eigenvalue weighted by Crippen LogP contribution is 2.11. The van der Waals surface area contributed by atoms with Crippen LogP contribution in [0, 0.1) is 6.92 Å². The minimum atomic E-state index is -3.55. The van der Waals surface area contributed by atoms with Crippen LogP contribution in [0.15, 0.2) is 57.9 Å². The topological polar surface area (TPSA) is 75.3 Å². The number of halogens is 1. The van der Waals surface area contributed by atoms with Gasteiger partial charge in [0.2, 0.25) is 15.9 Å². The van der Waals surface area contributed by atoms with E-state index in [1.807, 2.05) is 31.2 Å². The van der Waals surface area contributed by atoms with Gasteiger partial charge in [0, 0.05) is 17.6 Å². The van der Waals surface area contributed by atoms with Crippen LogP contribution in [0.3, 0.4) is 0 Å². The number of carbonyl (C=O) groups is 1. The van der Waals surface area contributed by atoms with Crippen molar-refractivity contribution >= 4 is 31.9 Å². The van der Waals surface area contributed by atoms with Crippen LogP contribution in [0.5, 0.6) is 0 Å². The normalized spacial score (nSPS) is 11.2. The predicted molar refractivity (Wildman–Crippen MR) is 97.2 cm³/mol. The lowest BCUT2D eigenvalue weighted by Crippen LogP contribution is -2.35. The molecule has 2 aromatic rings. The maximum Gasteiger partial charge on any atom is 0.240 e. The molecule has 0 unspecified atom stereocenters. The molecule has 0 spiro atoms. The molecule has 0 aliphatic rings. The number of aryl methyl sites for hydroxylation is 1. The second-order valence-electron chi connectivity index (χ2n) is 5.36. The summed E-state index contributed by atoms with van der Waals surface area (Å²) >= 11 is 3.34. The highest BCUT2D eigenvalue weighted by molar-refractivity contribution is 9.10. The van der Waals surface area contributed by atoms with Gasteiger partial charge in [-0.15, -0.1) is 0 Å². The third-order valence-corrected chi connectivity index (χ3v) is 5.35. The molecule has 128 valence electrons. The molecule has 2 rings (SSSR count). The number of nitrogens with one attached hydrogen (secondary N) is 2. The summed E-state index contributed by atoms with van der Waals surface area (Å²) in [6.07, 6.45) is 0.262. The van der Waals surface area contributed by atoms with E-state index in [4.69, 9.17) is 0 Å². The van der Waals surface area contributed by atoms with Gasteiger partial charge in [0.15, 0.2) is 0 Å². The van der Waals surface area contributed by atoms with Gasteiger partial charge < -0.3 is 5.32 Å². The van der Waals surface area contributed by atoms with Crippen molar-refractivity contribution in [1.29, 1.82) is 0 Å². The molecular formula is C17H19BrN2O3S. The summed E-state index contributed by atoms with van der Waals surface area (Å²) in [4.78, 5) is 12.0. The Morgan fingerprint density at radius 2 is 1.62 bits per heavy atom. The fourth-order valence-corrected chi connectivity index (χ4v) is 3.33. The molecule has 0 saturated heterocycles. The molecular weight excluding hydrogens is 392 g/mol. The summed E-state index contributed by atoms with van der Waals surface area (Å²) < 4.78 is 27.6. The van der Waals surface area contributed by atoms with Crippen LogP contribution in [0.25, 0.3) is 0 Å². The van der Waals surface area contributed by atoms with E-state index in [0.29, 0.717) is 0 Å². The van der Waals surface area contributed by atoms with Gasteiger partial charge in [-0.3, -0.25) is 4.79 Å². The fraction of sp³-hybridized carbons (Fsp3) is 0.235. The Labute approximate surface area is 150 Å². The molecule has 24 heavy (non-hydrogen) atoms. The van der Waals surface area contributed by atoms with Crippen LogP contribution < -0.4 is 10.0 Å². The largest absolute Gasteiger partial charge is 0.355 e. The third kappa shape index (κ3) is 5.74. The molecule has 2 N–H and O–H groups in total. The van der Waals surface area contributed by atoms with Crippen molar-refractivity contribution in [1.82, 2.24) is 10.0 Å². The summed E-state index contributed by atoms with van der Waals surface area (Å²) in [5.41, 5.74) is 1.89. The van der Waals surface area contributed by atoms with Crippen LogP contribution >= 0.6 is 15.9 Å². The summed E-state index contributed by atoms with van der Waals surface area (Å²) in [6, 6.07) is 14.1. The molecule has 0 aliphatic carbocycles. The van der Waals surface area contributed by atoms with Crippen LogP contribution in [0.1, 0.15) is 11.1 Å². The van der Waals surface area contributed by atoms with E-state index in [0.717, 1.165) is 15.6 Å². The smallest absolute Gasteiger partial charge is 0.240 e. The summed E-state index contributed by atoms with van der Waals surface area (Å²) in [5.74, 6) is -0.146. The second-order valence-corrected chi connectivity index (χ2v) is 8.05. The number of hydrogen-bond donors (Lipinski definition) is 2. The fourth-order valence-electron chi connectivity index (χ4n) is 2.04. The average Bonchev–Trinajstić information content (AvgIpc) is 2.54. The minimum Gasteiger partial charge on any atom is -0.355 e. The molecule has 0 heterocycles. The Morgan fingerprint density at radius 3 is 2.25 bits per heavy atom. The summed E-state index contributed by atoms with van der Waals surface area (Å²) in [7, 11) is -3.55. The first-order valence-electron chi connectivity index (χ1n) is 7.44. The van der Waals surface area contributed by atoms with E-state index in [2.05, 4.69) is 26.0 Å². The van der Waals surface area contributed by atoms with Crippen molar-refractivity contribution in [2.75, 3.05) is 13.1 Å². The summed E-state index contributed by atoms with van der Waals surface area (Å²) in [5, 5.41) is 2.70. The molecule has 0 fully saturated rings. The van der Waals surface area contributed by atoms with Crippen molar-refractivity contribution < 1.29 is 13.2 Å². The highest BCUT2D eigenvalue weighted by Gasteiger charge is 2.12. The number of hydrogen-bond acceptors (Lipinski definition) is 3. The molecule has 2 aromatic carbocycles. The second kappa shape index (κ2) is 8.41. The molecule has 0 bridgehead atoms. The van der Waals surface area contributed by atoms with Gasteiger partial charge in [-0.1, -0.05) is 45.8 Å². The molecule has 0 aromatic heterocycles. The predicted octanol–water partition coefficient (Wildman–Crippen LogP) is 2.39. The number of amides is 1. The molecule has 1 amide bonds. The maximum atomic E-state index is 12.1. The van der Waals surface area contributed by atoms with Crippen LogP contribution in [0.2, 0.25) is 0 Å². The van der Waals surface area contributed by atoms with Gasteiger partial charge in [0.25, 0.3) is 0 Å². The number of carbonyl (C=O) groups excluding carboxylic acids is 1. The van der Waals surface area contributed by atoms with Crippen LogP contribution in [-0.2, 0) is 21.2 Å². The van der Waals surface area contributed by atoms with Gasteiger partial charge >= 0.3 is 0 Å². The third-order valence-electron chi connectivity index (χ3n) is 3.35. The first-order valence-corrected chi connectivity index (χ1v) is 9.72. The first-order chi connectivity index (χ1) is 11.4. The Bertz CT molecular complexity index is 788. The van der Waals surface area contributed by atoms with Crippen molar-refractivity contribution in [2.45, 2.75) is 18.2 Å². The number of rotatable bonds is 7. The SMILES string of the molecule is Cc1ccc(S(=O)(=O)NCCNC(=O)Cc2ccc(Br)cc2)cc1. The standard InChI is InChI=1S/C17H19BrN2O3S/c1-13-2-8-16(9-3-13)24(22,23)20-11-10-19-17(21)12-14-4-6-15(18)7-5-14/h2-9,20H,10-12H2,1H3,(H,19,21). The lowest BCUT2D eigenvalue weighted by Gasteiger charge is -2.08. The zero-order chi connectivity index (χ0) is 17.6. The molecule has 0 aliphatic heterocycles. The van der Waals surface area contributed by atoms with Crippen molar-refractivity contribution in [3.05, 3.63) is 64.1 Å². The van der Waals surface area contributed by atoms with Gasteiger partial charge in [0.05, 0.1) is 11.3 Å². The van der Waals surface area contributed by atoms with Crippen molar-refractivity contribution in [3.8, 4) is 0 Å². The van der Waals surface area contributed by atoms with Crippen LogP contribution in [0.4, 0.5) is 0 Å². The quantitative estimate of drug-likeness (QED) is 0.688. The van der Waals surface area contributed by atoms with E-state index in [-0.39, 0.29) is 30.3 Å². The van der Waals surface area contributed by atoms with Crippen molar-refractivity contribution in [3.63, 3.8) is 0 Å². The Hall–Kier alpha value is -1.70. The van der Waals surface area contributed by atoms with Gasteiger partial charge in [0.1, 0.15) is 0 Å². The monoisotopic (exact) mass is 410 g/mol. The molecule has 0 saturated carbocycles. The van der Waals surface area contributed by atoms with Crippen LogP contribution in [-0.4, -0.2) is 27.4 Å². The first kappa shape index (κ1) is 18.6. The lowest BCUT2D eigenvalue weighted by molar-refractivity contribution is -0.120. The van der Waals surface area contributed by atoms with E-state index in [1.54, 1.807) is 24.3 Å². The van der Waals surface area contributed by atoms with Gasteiger partial charge in [-0.05, 0) is 36.8 Å². The van der Waals surface area contributed by atoms with E-state index in [9.17, 15) is 13.2 Å². The molecule has 7 heteroatoms. The lowest BCUT2D eigenvalue weighted by atomic mass is 10.1. The Morgan fingerprint density at radius 1 is 1.00 bits per heavy atom. The van der Waals surface area contributed by atoms with E-state index < -0.39 is 10.0 Å². The minimum absolute atomic E-state index is 0.141. The van der Waals surface area contributed by atoms with Gasteiger partial charge in [-0.25, -0.2) is 13.1 Å². The molecule has 0 atom stereocenters. The Balaban J connectivity index is 1.76.